The maximum absolute atomic E-state index is 11.8. The highest BCUT2D eigenvalue weighted by atomic mass is 16.2. The van der Waals surface area contributed by atoms with Gasteiger partial charge in [-0.1, -0.05) is 30.3 Å². The van der Waals surface area contributed by atoms with Crippen molar-refractivity contribution >= 4 is 12.0 Å². The lowest BCUT2D eigenvalue weighted by molar-refractivity contribution is -0.113. The number of nitrogens with zero attached hydrogens (tertiary/aromatic N) is 3. The number of hydrogen-bond donors (Lipinski definition) is 1. The molecule has 0 spiro atoms. The van der Waals surface area contributed by atoms with E-state index in [0.29, 0.717) is 5.57 Å². The molecule has 0 aliphatic heterocycles. The van der Waals surface area contributed by atoms with Crippen molar-refractivity contribution in [2.75, 3.05) is 5.43 Å². The van der Waals surface area contributed by atoms with Crippen LogP contribution in [-0.4, -0.2) is 20.8 Å². The maximum atomic E-state index is 11.8. The molecule has 0 fully saturated rings. The Labute approximate surface area is 98.8 Å². The highest BCUT2D eigenvalue weighted by Gasteiger charge is 2.04. The summed E-state index contributed by atoms with van der Waals surface area (Å²) in [6, 6.07) is 9.67. The maximum Gasteiger partial charge on any atom is 0.265 e. The van der Waals surface area contributed by atoms with Gasteiger partial charge in [-0.3, -0.25) is 10.2 Å². The molecule has 0 aliphatic carbocycles. The molecule has 5 heteroatoms. The smallest absolute Gasteiger partial charge is 0.265 e. The SMILES string of the molecule is C/C(=C\c1ccccc1)C(=O)Nn1cnnc1. The van der Waals surface area contributed by atoms with Crippen molar-refractivity contribution < 1.29 is 4.79 Å². The van der Waals surface area contributed by atoms with Gasteiger partial charge >= 0.3 is 0 Å². The van der Waals surface area contributed by atoms with Crippen molar-refractivity contribution in [2.45, 2.75) is 6.92 Å². The van der Waals surface area contributed by atoms with Gasteiger partial charge in [0.1, 0.15) is 12.7 Å². The number of carbonyl (C=O) groups excluding carboxylic acids is 1. The molecule has 2 rings (SSSR count). The van der Waals surface area contributed by atoms with Gasteiger partial charge in [0.2, 0.25) is 0 Å². The van der Waals surface area contributed by atoms with Gasteiger partial charge in [0.25, 0.3) is 5.91 Å². The van der Waals surface area contributed by atoms with Crippen LogP contribution in [-0.2, 0) is 4.79 Å². The van der Waals surface area contributed by atoms with E-state index in [0.717, 1.165) is 5.56 Å². The van der Waals surface area contributed by atoms with Crippen molar-refractivity contribution in [1.29, 1.82) is 0 Å². The predicted octanol–water partition coefficient (Wildman–Crippen LogP) is 1.45. The molecule has 0 saturated heterocycles. The molecule has 0 unspecified atom stereocenters. The molecule has 2 aromatic rings. The van der Waals surface area contributed by atoms with E-state index in [4.69, 9.17) is 0 Å². The van der Waals surface area contributed by atoms with E-state index < -0.39 is 0 Å². The van der Waals surface area contributed by atoms with Crippen molar-refractivity contribution in [3.05, 3.63) is 54.1 Å². The van der Waals surface area contributed by atoms with Crippen molar-refractivity contribution in [3.8, 4) is 0 Å². The summed E-state index contributed by atoms with van der Waals surface area (Å²) in [6.45, 7) is 1.76. The minimum absolute atomic E-state index is 0.186. The number of rotatable bonds is 3. The first-order chi connectivity index (χ1) is 8.25. The first kappa shape index (κ1) is 11.1. The standard InChI is InChI=1S/C12H12N4O/c1-10(7-11-5-3-2-4-6-11)12(17)15-16-8-13-14-9-16/h2-9H,1H3,(H,15,17)/b10-7+. The molecule has 1 amide bonds. The van der Waals surface area contributed by atoms with Crippen LogP contribution in [0.5, 0.6) is 0 Å². The molecule has 1 aromatic carbocycles. The van der Waals surface area contributed by atoms with E-state index in [-0.39, 0.29) is 5.91 Å². The highest BCUT2D eigenvalue weighted by Crippen LogP contribution is 2.06. The third kappa shape index (κ3) is 3.01. The van der Waals surface area contributed by atoms with Crippen molar-refractivity contribution in [1.82, 2.24) is 14.9 Å². The van der Waals surface area contributed by atoms with Crippen LogP contribution in [0, 0.1) is 0 Å². The normalized spacial score (nSPS) is 11.2. The number of benzene rings is 1. The van der Waals surface area contributed by atoms with Crippen LogP contribution < -0.4 is 5.43 Å². The summed E-state index contributed by atoms with van der Waals surface area (Å²) in [6.07, 6.45) is 4.67. The molecular weight excluding hydrogens is 216 g/mol. The van der Waals surface area contributed by atoms with E-state index in [2.05, 4.69) is 15.6 Å². The number of nitrogens with one attached hydrogen (secondary N) is 1. The summed E-state index contributed by atoms with van der Waals surface area (Å²) in [5, 5.41) is 7.19. The Morgan fingerprint density at radius 1 is 1.24 bits per heavy atom. The Morgan fingerprint density at radius 3 is 2.53 bits per heavy atom. The molecule has 0 aliphatic rings. The molecule has 1 heterocycles. The van der Waals surface area contributed by atoms with Gasteiger partial charge in [-0.15, -0.1) is 10.2 Å². The Morgan fingerprint density at radius 2 is 1.88 bits per heavy atom. The largest absolute Gasteiger partial charge is 0.268 e. The molecule has 0 atom stereocenters. The lowest BCUT2D eigenvalue weighted by atomic mass is 10.1. The topological polar surface area (TPSA) is 59.8 Å². The zero-order chi connectivity index (χ0) is 12.1. The third-order valence-electron chi connectivity index (χ3n) is 2.19. The molecular formula is C12H12N4O. The summed E-state index contributed by atoms with van der Waals surface area (Å²) in [7, 11) is 0. The van der Waals surface area contributed by atoms with Gasteiger partial charge in [0.15, 0.2) is 0 Å². The summed E-state index contributed by atoms with van der Waals surface area (Å²) in [5.41, 5.74) is 4.23. The number of aromatic nitrogens is 3. The zero-order valence-electron chi connectivity index (χ0n) is 9.37. The fraction of sp³-hybridized carbons (Fsp3) is 0.0833. The van der Waals surface area contributed by atoms with Gasteiger partial charge in [-0.05, 0) is 18.6 Å². The Balaban J connectivity index is 2.07. The molecule has 0 saturated carbocycles. The fourth-order valence-corrected chi connectivity index (χ4v) is 1.33. The Kier molecular flexibility index (Phi) is 3.30. The van der Waals surface area contributed by atoms with E-state index in [1.165, 1.54) is 17.3 Å². The van der Waals surface area contributed by atoms with Crippen LogP contribution in [0.4, 0.5) is 0 Å². The summed E-state index contributed by atoms with van der Waals surface area (Å²) >= 11 is 0. The van der Waals surface area contributed by atoms with Crippen LogP contribution in [0.3, 0.4) is 0 Å². The van der Waals surface area contributed by atoms with Gasteiger partial charge in [-0.2, -0.15) is 0 Å². The lowest BCUT2D eigenvalue weighted by Crippen LogP contribution is -2.22. The minimum atomic E-state index is -0.186. The highest BCUT2D eigenvalue weighted by molar-refractivity contribution is 6.02. The van der Waals surface area contributed by atoms with E-state index in [9.17, 15) is 4.79 Å². The van der Waals surface area contributed by atoms with Crippen LogP contribution in [0.2, 0.25) is 0 Å². The van der Waals surface area contributed by atoms with Crippen LogP contribution >= 0.6 is 0 Å². The number of amides is 1. The number of carbonyl (C=O) groups is 1. The first-order valence-electron chi connectivity index (χ1n) is 5.15. The van der Waals surface area contributed by atoms with Crippen molar-refractivity contribution in [2.24, 2.45) is 0 Å². The van der Waals surface area contributed by atoms with Crippen LogP contribution in [0.15, 0.2) is 48.6 Å². The monoisotopic (exact) mass is 228 g/mol. The molecule has 86 valence electrons. The van der Waals surface area contributed by atoms with Crippen LogP contribution in [0.1, 0.15) is 12.5 Å². The third-order valence-corrected chi connectivity index (χ3v) is 2.19. The molecule has 17 heavy (non-hydrogen) atoms. The zero-order valence-corrected chi connectivity index (χ0v) is 9.37. The number of hydrogen-bond acceptors (Lipinski definition) is 3. The average Bonchev–Trinajstić information content (AvgIpc) is 2.83. The molecule has 5 nitrogen and oxygen atoms in total. The van der Waals surface area contributed by atoms with Gasteiger partial charge in [0.05, 0.1) is 0 Å². The lowest BCUT2D eigenvalue weighted by Gasteiger charge is -2.04. The van der Waals surface area contributed by atoms with Crippen molar-refractivity contribution in [3.63, 3.8) is 0 Å². The fourth-order valence-electron chi connectivity index (χ4n) is 1.33. The van der Waals surface area contributed by atoms with Gasteiger partial charge in [0, 0.05) is 5.57 Å². The summed E-state index contributed by atoms with van der Waals surface area (Å²) in [4.78, 5) is 11.8. The Hall–Kier alpha value is -2.43. The second-order valence-corrected chi connectivity index (χ2v) is 3.55. The molecule has 1 N–H and O–H groups in total. The minimum Gasteiger partial charge on any atom is -0.268 e. The second-order valence-electron chi connectivity index (χ2n) is 3.55. The summed E-state index contributed by atoms with van der Waals surface area (Å²) < 4.78 is 1.41. The Bertz CT molecular complexity index is 517. The quantitative estimate of drug-likeness (QED) is 0.809. The molecule has 0 radical (unpaired) electrons. The van der Waals surface area contributed by atoms with E-state index >= 15 is 0 Å². The first-order valence-corrected chi connectivity index (χ1v) is 5.15. The molecule has 1 aromatic heterocycles. The van der Waals surface area contributed by atoms with Gasteiger partial charge in [-0.25, -0.2) is 4.68 Å². The van der Waals surface area contributed by atoms with E-state index in [1.807, 2.05) is 36.4 Å². The van der Waals surface area contributed by atoms with Crippen LogP contribution in [0.25, 0.3) is 6.08 Å². The van der Waals surface area contributed by atoms with Gasteiger partial charge < -0.3 is 0 Å². The summed E-state index contributed by atoms with van der Waals surface area (Å²) in [5.74, 6) is -0.186. The average molecular weight is 228 g/mol. The predicted molar refractivity (Wildman–Crippen MR) is 64.5 cm³/mol. The van der Waals surface area contributed by atoms with E-state index in [1.54, 1.807) is 6.92 Å². The second kappa shape index (κ2) is 5.07. The molecule has 0 bridgehead atoms.